The van der Waals surface area contributed by atoms with Crippen molar-refractivity contribution in [1.82, 2.24) is 0 Å². The summed E-state index contributed by atoms with van der Waals surface area (Å²) < 4.78 is 5.68. The molecule has 0 aliphatic heterocycles. The van der Waals surface area contributed by atoms with Crippen molar-refractivity contribution < 1.29 is 14.6 Å². The van der Waals surface area contributed by atoms with Crippen LogP contribution in [0.4, 0.5) is 0 Å². The Balaban J connectivity index is 2.26. The standard InChI is InChI=1S/C19H28O3/c1-3-10-17(4-2)22-18(20)19(21,16-13-8-9-14-16)15-11-6-5-7-12-15/h5-7,11-12,16-17,21H,3-4,8-10,13-14H2,1-2H3/t17-,19?/m1/s1. The lowest BCUT2D eigenvalue weighted by atomic mass is 9.80. The van der Waals surface area contributed by atoms with Crippen LogP contribution in [0.3, 0.4) is 0 Å². The Morgan fingerprint density at radius 2 is 1.91 bits per heavy atom. The summed E-state index contributed by atoms with van der Waals surface area (Å²) in [6.07, 6.45) is 6.40. The van der Waals surface area contributed by atoms with Gasteiger partial charge in [0.05, 0.1) is 0 Å². The van der Waals surface area contributed by atoms with Gasteiger partial charge in [0.2, 0.25) is 0 Å². The SMILES string of the molecule is CCC[C@@H](CC)OC(=O)C(O)(c1ccccc1)C1CCCC1. The third-order valence-corrected chi connectivity index (χ3v) is 4.81. The van der Waals surface area contributed by atoms with Gasteiger partial charge in [0.25, 0.3) is 0 Å². The van der Waals surface area contributed by atoms with E-state index in [-0.39, 0.29) is 12.0 Å². The molecular weight excluding hydrogens is 276 g/mol. The van der Waals surface area contributed by atoms with Crippen LogP contribution in [-0.2, 0) is 15.1 Å². The Bertz CT molecular complexity index is 465. The highest BCUT2D eigenvalue weighted by molar-refractivity contribution is 5.81. The van der Waals surface area contributed by atoms with Crippen molar-refractivity contribution in [3.8, 4) is 0 Å². The number of benzene rings is 1. The normalized spacial score (nSPS) is 19.6. The van der Waals surface area contributed by atoms with E-state index in [1.54, 1.807) is 0 Å². The first kappa shape index (κ1) is 17.0. The van der Waals surface area contributed by atoms with Crippen molar-refractivity contribution in [2.24, 2.45) is 5.92 Å². The van der Waals surface area contributed by atoms with Gasteiger partial charge in [-0.3, -0.25) is 0 Å². The van der Waals surface area contributed by atoms with Gasteiger partial charge in [0.15, 0.2) is 5.60 Å². The van der Waals surface area contributed by atoms with Crippen LogP contribution in [0.15, 0.2) is 30.3 Å². The Morgan fingerprint density at radius 3 is 2.45 bits per heavy atom. The maximum Gasteiger partial charge on any atom is 0.343 e. The minimum Gasteiger partial charge on any atom is -0.460 e. The van der Waals surface area contributed by atoms with Crippen molar-refractivity contribution >= 4 is 5.97 Å². The molecule has 22 heavy (non-hydrogen) atoms. The Hall–Kier alpha value is -1.35. The molecule has 1 unspecified atom stereocenters. The molecule has 3 heteroatoms. The Kier molecular flexibility index (Phi) is 6.01. The van der Waals surface area contributed by atoms with E-state index in [1.807, 2.05) is 37.3 Å². The summed E-state index contributed by atoms with van der Waals surface area (Å²) in [7, 11) is 0. The highest BCUT2D eigenvalue weighted by Gasteiger charge is 2.48. The zero-order chi connectivity index (χ0) is 16.0. The van der Waals surface area contributed by atoms with E-state index in [0.717, 1.165) is 44.9 Å². The van der Waals surface area contributed by atoms with Crippen LogP contribution in [-0.4, -0.2) is 17.2 Å². The minimum absolute atomic E-state index is 0.0402. The number of esters is 1. The first-order valence-corrected chi connectivity index (χ1v) is 8.61. The number of hydrogen-bond acceptors (Lipinski definition) is 3. The molecule has 0 bridgehead atoms. The van der Waals surface area contributed by atoms with Gasteiger partial charge in [0, 0.05) is 5.92 Å². The smallest absolute Gasteiger partial charge is 0.343 e. The third kappa shape index (κ3) is 3.52. The average Bonchev–Trinajstić information content (AvgIpc) is 3.09. The lowest BCUT2D eigenvalue weighted by molar-refractivity contribution is -0.180. The van der Waals surface area contributed by atoms with Crippen molar-refractivity contribution in [2.75, 3.05) is 0 Å². The maximum atomic E-state index is 12.8. The third-order valence-electron chi connectivity index (χ3n) is 4.81. The second-order valence-electron chi connectivity index (χ2n) is 6.34. The van der Waals surface area contributed by atoms with Crippen molar-refractivity contribution in [2.45, 2.75) is 70.5 Å². The highest BCUT2D eigenvalue weighted by atomic mass is 16.6. The molecule has 0 radical (unpaired) electrons. The summed E-state index contributed by atoms with van der Waals surface area (Å²) in [6.45, 7) is 4.10. The quantitative estimate of drug-likeness (QED) is 0.768. The first-order valence-electron chi connectivity index (χ1n) is 8.61. The lowest BCUT2D eigenvalue weighted by Gasteiger charge is -2.33. The molecule has 122 valence electrons. The largest absolute Gasteiger partial charge is 0.460 e. The van der Waals surface area contributed by atoms with Crippen molar-refractivity contribution in [3.63, 3.8) is 0 Å². The molecule has 1 aliphatic rings. The predicted molar refractivity (Wildman–Crippen MR) is 87.4 cm³/mol. The van der Waals surface area contributed by atoms with E-state index >= 15 is 0 Å². The van der Waals surface area contributed by atoms with Gasteiger partial charge in [-0.1, -0.05) is 63.4 Å². The number of carbonyl (C=O) groups excluding carboxylic acids is 1. The molecule has 1 aliphatic carbocycles. The van der Waals surface area contributed by atoms with E-state index in [0.29, 0.717) is 5.56 Å². The second-order valence-corrected chi connectivity index (χ2v) is 6.34. The summed E-state index contributed by atoms with van der Waals surface area (Å²) in [6, 6.07) is 9.30. The molecular formula is C19H28O3. The van der Waals surface area contributed by atoms with Gasteiger partial charge >= 0.3 is 5.97 Å². The van der Waals surface area contributed by atoms with E-state index in [9.17, 15) is 9.90 Å². The zero-order valence-corrected chi connectivity index (χ0v) is 13.8. The van der Waals surface area contributed by atoms with Crippen LogP contribution in [0.1, 0.15) is 64.4 Å². The molecule has 0 spiro atoms. The second kappa shape index (κ2) is 7.77. The van der Waals surface area contributed by atoms with E-state index in [4.69, 9.17) is 4.74 Å². The maximum absolute atomic E-state index is 12.8. The van der Waals surface area contributed by atoms with Crippen LogP contribution in [0.25, 0.3) is 0 Å². The average molecular weight is 304 g/mol. The van der Waals surface area contributed by atoms with Crippen molar-refractivity contribution in [1.29, 1.82) is 0 Å². The van der Waals surface area contributed by atoms with Gasteiger partial charge in [-0.15, -0.1) is 0 Å². The van der Waals surface area contributed by atoms with Gasteiger partial charge < -0.3 is 9.84 Å². The molecule has 0 heterocycles. The molecule has 1 N–H and O–H groups in total. The van der Waals surface area contributed by atoms with E-state index in [1.165, 1.54) is 0 Å². The molecule has 2 atom stereocenters. The number of rotatable bonds is 7. The fourth-order valence-electron chi connectivity index (χ4n) is 3.47. The fourth-order valence-corrected chi connectivity index (χ4v) is 3.47. The zero-order valence-electron chi connectivity index (χ0n) is 13.8. The molecule has 1 fully saturated rings. The minimum atomic E-state index is -1.50. The topological polar surface area (TPSA) is 46.5 Å². The van der Waals surface area contributed by atoms with E-state index in [2.05, 4.69) is 6.92 Å². The molecule has 3 nitrogen and oxygen atoms in total. The molecule has 2 rings (SSSR count). The summed E-state index contributed by atoms with van der Waals surface area (Å²) >= 11 is 0. The first-order chi connectivity index (χ1) is 10.6. The van der Waals surface area contributed by atoms with Crippen molar-refractivity contribution in [3.05, 3.63) is 35.9 Å². The molecule has 0 amide bonds. The Labute approximate surface area is 133 Å². The lowest BCUT2D eigenvalue weighted by Crippen LogP contribution is -2.44. The number of carbonyl (C=O) groups is 1. The fraction of sp³-hybridized carbons (Fsp3) is 0.632. The summed E-state index contributed by atoms with van der Waals surface area (Å²) in [5.74, 6) is -0.507. The molecule has 1 saturated carbocycles. The van der Waals surface area contributed by atoms with Gasteiger partial charge in [-0.05, 0) is 31.2 Å². The summed E-state index contributed by atoms with van der Waals surface area (Å²) in [5.41, 5.74) is -0.836. The number of ether oxygens (including phenoxy) is 1. The van der Waals surface area contributed by atoms with Crippen LogP contribution < -0.4 is 0 Å². The summed E-state index contributed by atoms with van der Waals surface area (Å²) in [4.78, 5) is 12.8. The molecule has 1 aromatic carbocycles. The monoisotopic (exact) mass is 304 g/mol. The number of hydrogen-bond donors (Lipinski definition) is 1. The molecule has 0 aromatic heterocycles. The molecule has 0 saturated heterocycles. The van der Waals surface area contributed by atoms with Gasteiger partial charge in [0.1, 0.15) is 6.10 Å². The van der Waals surface area contributed by atoms with Crippen LogP contribution in [0.5, 0.6) is 0 Å². The predicted octanol–water partition coefficient (Wildman–Crippen LogP) is 4.19. The van der Waals surface area contributed by atoms with Gasteiger partial charge in [-0.25, -0.2) is 4.79 Å². The number of aliphatic hydroxyl groups is 1. The van der Waals surface area contributed by atoms with Crippen LogP contribution in [0, 0.1) is 5.92 Å². The Morgan fingerprint density at radius 1 is 1.27 bits per heavy atom. The van der Waals surface area contributed by atoms with Gasteiger partial charge in [-0.2, -0.15) is 0 Å². The van der Waals surface area contributed by atoms with E-state index < -0.39 is 11.6 Å². The summed E-state index contributed by atoms with van der Waals surface area (Å²) in [5, 5.41) is 11.3. The van der Waals surface area contributed by atoms with Crippen LogP contribution >= 0.6 is 0 Å². The highest BCUT2D eigenvalue weighted by Crippen LogP contribution is 2.41. The van der Waals surface area contributed by atoms with Crippen LogP contribution in [0.2, 0.25) is 0 Å². The molecule has 1 aromatic rings.